The number of halogens is 1. The second kappa shape index (κ2) is 7.87. The highest BCUT2D eigenvalue weighted by Gasteiger charge is 2.20. The van der Waals surface area contributed by atoms with Gasteiger partial charge >= 0.3 is 0 Å². The first-order valence-electron chi connectivity index (χ1n) is 7.86. The van der Waals surface area contributed by atoms with Crippen molar-refractivity contribution in [3.05, 3.63) is 35.6 Å². The number of nitrogens with zero attached hydrogens (tertiary/aromatic N) is 2. The minimum atomic E-state index is -0.703. The van der Waals surface area contributed by atoms with Crippen LogP contribution in [0.5, 0.6) is 0 Å². The van der Waals surface area contributed by atoms with E-state index in [9.17, 15) is 9.50 Å². The van der Waals surface area contributed by atoms with Crippen molar-refractivity contribution in [3.63, 3.8) is 0 Å². The molecular weight excluding hydrogens is 267 g/mol. The SMILES string of the molecule is CN(C)CC1CCN(CCC(O)c2ccccc2F)CC1. The average molecular weight is 294 g/mol. The quantitative estimate of drug-likeness (QED) is 0.873. The van der Waals surface area contributed by atoms with E-state index in [1.54, 1.807) is 18.2 Å². The van der Waals surface area contributed by atoms with Gasteiger partial charge in [0.1, 0.15) is 5.82 Å². The molecule has 0 aromatic heterocycles. The number of aliphatic hydroxyl groups is 1. The molecule has 2 rings (SSSR count). The molecule has 0 aliphatic carbocycles. The molecule has 1 unspecified atom stereocenters. The molecule has 0 spiro atoms. The molecule has 1 aliphatic rings. The van der Waals surface area contributed by atoms with Crippen LogP contribution in [-0.4, -0.2) is 55.2 Å². The molecule has 4 heteroatoms. The molecular formula is C17H27FN2O. The van der Waals surface area contributed by atoms with E-state index in [0.717, 1.165) is 32.1 Å². The van der Waals surface area contributed by atoms with Crippen molar-refractivity contribution in [2.24, 2.45) is 5.92 Å². The van der Waals surface area contributed by atoms with Crippen LogP contribution in [0.25, 0.3) is 0 Å². The van der Waals surface area contributed by atoms with Crippen molar-refractivity contribution < 1.29 is 9.50 Å². The van der Waals surface area contributed by atoms with Crippen LogP contribution in [0.15, 0.2) is 24.3 Å². The van der Waals surface area contributed by atoms with Crippen molar-refractivity contribution in [2.75, 3.05) is 40.3 Å². The lowest BCUT2D eigenvalue weighted by molar-refractivity contribution is 0.115. The monoisotopic (exact) mass is 294 g/mol. The summed E-state index contributed by atoms with van der Waals surface area (Å²) in [4.78, 5) is 4.64. The maximum atomic E-state index is 13.6. The minimum absolute atomic E-state index is 0.310. The van der Waals surface area contributed by atoms with Gasteiger partial charge in [0.05, 0.1) is 6.10 Å². The van der Waals surface area contributed by atoms with E-state index in [4.69, 9.17) is 0 Å². The van der Waals surface area contributed by atoms with Gasteiger partial charge in [0.15, 0.2) is 0 Å². The largest absolute Gasteiger partial charge is 0.388 e. The normalized spacial score (nSPS) is 19.1. The summed E-state index contributed by atoms with van der Waals surface area (Å²) in [5, 5.41) is 10.1. The average Bonchev–Trinajstić information content (AvgIpc) is 2.46. The summed E-state index contributed by atoms with van der Waals surface area (Å²) in [6.07, 6.45) is 2.33. The summed E-state index contributed by atoms with van der Waals surface area (Å²) in [5.74, 6) is 0.474. The van der Waals surface area contributed by atoms with Crippen LogP contribution < -0.4 is 0 Å². The second-order valence-electron chi connectivity index (χ2n) is 6.37. The van der Waals surface area contributed by atoms with Gasteiger partial charge in [0, 0.05) is 18.7 Å². The molecule has 1 aromatic rings. The molecule has 0 saturated carbocycles. The molecule has 1 aromatic carbocycles. The van der Waals surface area contributed by atoms with Crippen LogP contribution in [0.2, 0.25) is 0 Å². The maximum absolute atomic E-state index is 13.6. The predicted octanol–water partition coefficient (Wildman–Crippen LogP) is 2.52. The van der Waals surface area contributed by atoms with Crippen LogP contribution in [-0.2, 0) is 0 Å². The highest BCUT2D eigenvalue weighted by Crippen LogP contribution is 2.22. The molecule has 1 saturated heterocycles. The molecule has 1 heterocycles. The Kier molecular flexibility index (Phi) is 6.15. The number of rotatable bonds is 6. The van der Waals surface area contributed by atoms with E-state index >= 15 is 0 Å². The van der Waals surface area contributed by atoms with Crippen LogP contribution in [0.3, 0.4) is 0 Å². The van der Waals surface area contributed by atoms with Crippen molar-refractivity contribution >= 4 is 0 Å². The standard InChI is InChI=1S/C17H27FN2O/c1-19(2)13-14-7-10-20(11-8-14)12-9-17(21)15-5-3-4-6-16(15)18/h3-6,14,17,21H,7-13H2,1-2H3. The van der Waals surface area contributed by atoms with Crippen molar-refractivity contribution in [1.29, 1.82) is 0 Å². The second-order valence-corrected chi connectivity index (χ2v) is 6.37. The number of piperidine rings is 1. The Hall–Kier alpha value is -0.970. The number of aliphatic hydroxyl groups excluding tert-OH is 1. The molecule has 1 fully saturated rings. The Labute approximate surface area is 127 Å². The van der Waals surface area contributed by atoms with E-state index in [1.165, 1.54) is 18.9 Å². The molecule has 1 aliphatic heterocycles. The topological polar surface area (TPSA) is 26.7 Å². The first-order valence-corrected chi connectivity index (χ1v) is 7.86. The van der Waals surface area contributed by atoms with Crippen LogP contribution in [0.4, 0.5) is 4.39 Å². The Bertz CT molecular complexity index is 431. The van der Waals surface area contributed by atoms with E-state index < -0.39 is 6.10 Å². The lowest BCUT2D eigenvalue weighted by atomic mass is 9.96. The molecule has 0 amide bonds. The lowest BCUT2D eigenvalue weighted by Crippen LogP contribution is -2.37. The van der Waals surface area contributed by atoms with Gasteiger partial charge in [-0.2, -0.15) is 0 Å². The van der Waals surface area contributed by atoms with Crippen molar-refractivity contribution in [1.82, 2.24) is 9.80 Å². The number of hydrogen-bond donors (Lipinski definition) is 1. The molecule has 21 heavy (non-hydrogen) atoms. The summed E-state index contributed by atoms with van der Waals surface area (Å²) in [7, 11) is 4.24. The van der Waals surface area contributed by atoms with Gasteiger partial charge in [-0.25, -0.2) is 4.39 Å². The van der Waals surface area contributed by atoms with Crippen LogP contribution >= 0.6 is 0 Å². The summed E-state index contributed by atoms with van der Waals surface area (Å²) in [6, 6.07) is 6.50. The Morgan fingerprint density at radius 3 is 2.57 bits per heavy atom. The van der Waals surface area contributed by atoms with E-state index in [1.807, 2.05) is 0 Å². The minimum Gasteiger partial charge on any atom is -0.388 e. The predicted molar refractivity (Wildman–Crippen MR) is 83.7 cm³/mol. The Morgan fingerprint density at radius 2 is 1.95 bits per heavy atom. The summed E-state index contributed by atoms with van der Waals surface area (Å²) in [6.45, 7) is 4.17. The summed E-state index contributed by atoms with van der Waals surface area (Å²) < 4.78 is 13.6. The third-order valence-corrected chi connectivity index (χ3v) is 4.31. The smallest absolute Gasteiger partial charge is 0.128 e. The third kappa shape index (κ3) is 5.06. The molecule has 0 radical (unpaired) electrons. The highest BCUT2D eigenvalue weighted by atomic mass is 19.1. The molecule has 3 nitrogen and oxygen atoms in total. The van der Waals surface area contributed by atoms with Gasteiger partial charge in [0.2, 0.25) is 0 Å². The maximum Gasteiger partial charge on any atom is 0.128 e. The van der Waals surface area contributed by atoms with E-state index in [2.05, 4.69) is 23.9 Å². The summed E-state index contributed by atoms with van der Waals surface area (Å²) >= 11 is 0. The fraction of sp³-hybridized carbons (Fsp3) is 0.647. The zero-order valence-electron chi connectivity index (χ0n) is 13.1. The van der Waals surface area contributed by atoms with Gasteiger partial charge in [-0.05, 0) is 58.4 Å². The van der Waals surface area contributed by atoms with Crippen LogP contribution in [0.1, 0.15) is 30.9 Å². The number of hydrogen-bond acceptors (Lipinski definition) is 3. The highest BCUT2D eigenvalue weighted by molar-refractivity contribution is 5.19. The van der Waals surface area contributed by atoms with E-state index in [0.29, 0.717) is 12.0 Å². The zero-order valence-corrected chi connectivity index (χ0v) is 13.1. The zero-order chi connectivity index (χ0) is 15.2. The molecule has 1 atom stereocenters. The summed E-state index contributed by atoms with van der Waals surface area (Å²) in [5.41, 5.74) is 0.417. The Morgan fingerprint density at radius 1 is 1.29 bits per heavy atom. The fourth-order valence-electron chi connectivity index (χ4n) is 3.11. The fourth-order valence-corrected chi connectivity index (χ4v) is 3.11. The molecule has 0 bridgehead atoms. The van der Waals surface area contributed by atoms with Gasteiger partial charge in [-0.3, -0.25) is 0 Å². The number of likely N-dealkylation sites (tertiary alicyclic amines) is 1. The third-order valence-electron chi connectivity index (χ3n) is 4.31. The Balaban J connectivity index is 1.73. The van der Waals surface area contributed by atoms with Gasteiger partial charge in [0.25, 0.3) is 0 Å². The first kappa shape index (κ1) is 16.4. The first-order chi connectivity index (χ1) is 10.1. The van der Waals surface area contributed by atoms with Gasteiger partial charge < -0.3 is 14.9 Å². The molecule has 118 valence electrons. The van der Waals surface area contributed by atoms with Crippen molar-refractivity contribution in [2.45, 2.75) is 25.4 Å². The van der Waals surface area contributed by atoms with Crippen molar-refractivity contribution in [3.8, 4) is 0 Å². The lowest BCUT2D eigenvalue weighted by Gasteiger charge is -2.33. The van der Waals surface area contributed by atoms with Gasteiger partial charge in [-0.15, -0.1) is 0 Å². The van der Waals surface area contributed by atoms with E-state index in [-0.39, 0.29) is 5.82 Å². The number of benzene rings is 1. The van der Waals surface area contributed by atoms with Gasteiger partial charge in [-0.1, -0.05) is 18.2 Å². The molecule has 1 N–H and O–H groups in total. The van der Waals surface area contributed by atoms with Crippen LogP contribution in [0, 0.1) is 11.7 Å².